The number of hydrogen-bond acceptors (Lipinski definition) is 4. The van der Waals surface area contributed by atoms with Gasteiger partial charge in [0.15, 0.2) is 0 Å². The van der Waals surface area contributed by atoms with Crippen molar-refractivity contribution in [3.63, 3.8) is 0 Å². The maximum Gasteiger partial charge on any atom is 0.221 e. The lowest BCUT2D eigenvalue weighted by molar-refractivity contribution is -0.121. The second-order valence-electron chi connectivity index (χ2n) is 6.37. The van der Waals surface area contributed by atoms with Gasteiger partial charge >= 0.3 is 0 Å². The van der Waals surface area contributed by atoms with Crippen molar-refractivity contribution in [2.24, 2.45) is 5.73 Å². The Morgan fingerprint density at radius 3 is 2.48 bits per heavy atom. The Balaban J connectivity index is 2.05. The molecule has 0 bridgehead atoms. The summed E-state index contributed by atoms with van der Waals surface area (Å²) in [4.78, 5) is 14.4. The van der Waals surface area contributed by atoms with E-state index in [1.807, 2.05) is 19.1 Å². The van der Waals surface area contributed by atoms with Gasteiger partial charge in [-0.3, -0.25) is 9.69 Å². The molecule has 128 valence electrons. The number of likely N-dealkylation sites (tertiary alicyclic amines) is 1. The number of benzene rings is 1. The Hall–Kier alpha value is -1.59. The maximum atomic E-state index is 11.9. The molecule has 1 aliphatic heterocycles. The molecule has 1 aliphatic rings. The van der Waals surface area contributed by atoms with Crippen molar-refractivity contribution >= 4 is 5.91 Å². The van der Waals surface area contributed by atoms with E-state index in [1.165, 1.54) is 24.8 Å². The van der Waals surface area contributed by atoms with Crippen LogP contribution in [-0.2, 0) is 4.79 Å². The highest BCUT2D eigenvalue weighted by molar-refractivity contribution is 5.76. The van der Waals surface area contributed by atoms with Crippen molar-refractivity contribution in [1.29, 1.82) is 0 Å². The second kappa shape index (κ2) is 8.89. The Labute approximate surface area is 139 Å². The van der Waals surface area contributed by atoms with Gasteiger partial charge in [0.2, 0.25) is 5.91 Å². The summed E-state index contributed by atoms with van der Waals surface area (Å²) in [5.41, 5.74) is 6.92. The lowest BCUT2D eigenvalue weighted by Gasteiger charge is -2.35. The van der Waals surface area contributed by atoms with E-state index in [2.05, 4.69) is 22.3 Å². The van der Waals surface area contributed by atoms with Crippen LogP contribution in [0.15, 0.2) is 24.3 Å². The molecule has 3 N–H and O–H groups in total. The zero-order valence-corrected chi connectivity index (χ0v) is 14.3. The average molecular weight is 319 g/mol. The van der Waals surface area contributed by atoms with Crippen LogP contribution in [0.1, 0.15) is 44.2 Å². The third-order valence-corrected chi connectivity index (χ3v) is 4.33. The number of carbonyl (C=O) groups excluding carboxylic acids is 1. The van der Waals surface area contributed by atoms with Gasteiger partial charge in [-0.1, -0.05) is 18.6 Å². The molecule has 1 aromatic carbocycles. The van der Waals surface area contributed by atoms with E-state index in [9.17, 15) is 4.79 Å². The van der Waals surface area contributed by atoms with Gasteiger partial charge in [0.05, 0.1) is 13.2 Å². The summed E-state index contributed by atoms with van der Waals surface area (Å²) < 4.78 is 5.24. The molecule has 2 rings (SSSR count). The van der Waals surface area contributed by atoms with Gasteiger partial charge in [0.25, 0.3) is 0 Å². The summed E-state index contributed by atoms with van der Waals surface area (Å²) in [5, 5.41) is 3.05. The molecule has 23 heavy (non-hydrogen) atoms. The van der Waals surface area contributed by atoms with Gasteiger partial charge in [-0.25, -0.2) is 0 Å². The smallest absolute Gasteiger partial charge is 0.221 e. The molecule has 1 saturated heterocycles. The molecule has 2 unspecified atom stereocenters. The SMILES string of the molecule is COc1ccc(C(CNC(=O)CC(C)N)N2CCCCC2)cc1. The molecule has 1 fully saturated rings. The molecule has 5 nitrogen and oxygen atoms in total. The first kappa shape index (κ1) is 17.8. The zero-order valence-electron chi connectivity index (χ0n) is 14.3. The number of nitrogens with one attached hydrogen (secondary N) is 1. The third kappa shape index (κ3) is 5.52. The van der Waals surface area contributed by atoms with Crippen molar-refractivity contribution in [1.82, 2.24) is 10.2 Å². The van der Waals surface area contributed by atoms with E-state index in [4.69, 9.17) is 10.5 Å². The van der Waals surface area contributed by atoms with Crippen molar-refractivity contribution in [3.05, 3.63) is 29.8 Å². The molecule has 5 heteroatoms. The van der Waals surface area contributed by atoms with Crippen molar-refractivity contribution in [3.8, 4) is 5.75 Å². The maximum absolute atomic E-state index is 11.9. The highest BCUT2D eigenvalue weighted by atomic mass is 16.5. The first-order valence-electron chi connectivity index (χ1n) is 8.50. The molecule has 1 heterocycles. The largest absolute Gasteiger partial charge is 0.497 e. The van der Waals surface area contributed by atoms with Gasteiger partial charge in [0, 0.05) is 19.0 Å². The molecule has 0 aromatic heterocycles. The van der Waals surface area contributed by atoms with Crippen LogP contribution < -0.4 is 15.8 Å². The van der Waals surface area contributed by atoms with Crippen LogP contribution >= 0.6 is 0 Å². The highest BCUT2D eigenvalue weighted by Crippen LogP contribution is 2.25. The average Bonchev–Trinajstić information content (AvgIpc) is 2.56. The molecule has 0 aliphatic carbocycles. The number of nitrogens with zero attached hydrogens (tertiary/aromatic N) is 1. The molecular formula is C18H29N3O2. The summed E-state index contributed by atoms with van der Waals surface area (Å²) in [6.45, 7) is 4.64. The van der Waals surface area contributed by atoms with Gasteiger partial charge in [-0.05, 0) is 50.6 Å². The normalized spacial score (nSPS) is 18.2. The minimum Gasteiger partial charge on any atom is -0.497 e. The third-order valence-electron chi connectivity index (χ3n) is 4.33. The van der Waals surface area contributed by atoms with Crippen LogP contribution in [-0.4, -0.2) is 43.6 Å². The molecule has 0 spiro atoms. The summed E-state index contributed by atoms with van der Waals surface area (Å²) in [7, 11) is 1.67. The van der Waals surface area contributed by atoms with E-state index in [0.29, 0.717) is 13.0 Å². The van der Waals surface area contributed by atoms with E-state index >= 15 is 0 Å². The van der Waals surface area contributed by atoms with Crippen LogP contribution in [0.5, 0.6) is 5.75 Å². The topological polar surface area (TPSA) is 67.6 Å². The predicted molar refractivity (Wildman–Crippen MR) is 92.4 cm³/mol. The lowest BCUT2D eigenvalue weighted by atomic mass is 10.0. The fourth-order valence-corrected chi connectivity index (χ4v) is 3.09. The summed E-state index contributed by atoms with van der Waals surface area (Å²) in [6.07, 6.45) is 4.11. The summed E-state index contributed by atoms with van der Waals surface area (Å²) >= 11 is 0. The Bertz CT molecular complexity index is 482. The Kier molecular flexibility index (Phi) is 6.86. The Morgan fingerprint density at radius 2 is 1.91 bits per heavy atom. The minimum absolute atomic E-state index is 0.0236. The molecular weight excluding hydrogens is 290 g/mol. The second-order valence-corrected chi connectivity index (χ2v) is 6.37. The fraction of sp³-hybridized carbons (Fsp3) is 0.611. The lowest BCUT2D eigenvalue weighted by Crippen LogP contribution is -2.41. The number of carbonyl (C=O) groups is 1. The van der Waals surface area contributed by atoms with Crippen molar-refractivity contribution in [2.75, 3.05) is 26.7 Å². The van der Waals surface area contributed by atoms with E-state index < -0.39 is 0 Å². The number of rotatable bonds is 7. The van der Waals surface area contributed by atoms with Crippen LogP contribution in [0.3, 0.4) is 0 Å². The van der Waals surface area contributed by atoms with Crippen LogP contribution in [0.2, 0.25) is 0 Å². The predicted octanol–water partition coefficient (Wildman–Crippen LogP) is 2.08. The van der Waals surface area contributed by atoms with Crippen LogP contribution in [0.25, 0.3) is 0 Å². The number of hydrogen-bond donors (Lipinski definition) is 2. The highest BCUT2D eigenvalue weighted by Gasteiger charge is 2.23. The van der Waals surface area contributed by atoms with Gasteiger partial charge in [0.1, 0.15) is 5.75 Å². The number of amides is 1. The van der Waals surface area contributed by atoms with Gasteiger partial charge in [-0.15, -0.1) is 0 Å². The van der Waals surface area contributed by atoms with E-state index in [1.54, 1.807) is 7.11 Å². The summed E-state index contributed by atoms with van der Waals surface area (Å²) in [6, 6.07) is 8.25. The first-order chi connectivity index (χ1) is 11.1. The minimum atomic E-state index is -0.107. The Morgan fingerprint density at radius 1 is 1.26 bits per heavy atom. The molecule has 0 radical (unpaired) electrons. The zero-order chi connectivity index (χ0) is 16.7. The standard InChI is InChI=1S/C18H29N3O2/c1-14(19)12-18(22)20-13-17(21-10-4-3-5-11-21)15-6-8-16(23-2)9-7-15/h6-9,14,17H,3-5,10-13,19H2,1-2H3,(H,20,22). The van der Waals surface area contributed by atoms with Crippen molar-refractivity contribution in [2.45, 2.75) is 44.7 Å². The monoisotopic (exact) mass is 319 g/mol. The van der Waals surface area contributed by atoms with Crippen LogP contribution in [0.4, 0.5) is 0 Å². The molecule has 1 aromatic rings. The molecule has 2 atom stereocenters. The van der Waals surface area contributed by atoms with Crippen LogP contribution in [0, 0.1) is 0 Å². The number of methoxy groups -OCH3 is 1. The van der Waals surface area contributed by atoms with Gasteiger partial charge in [-0.2, -0.15) is 0 Å². The number of nitrogens with two attached hydrogens (primary N) is 1. The molecule has 1 amide bonds. The number of ether oxygens (including phenoxy) is 1. The van der Waals surface area contributed by atoms with E-state index in [0.717, 1.165) is 18.8 Å². The molecule has 0 saturated carbocycles. The first-order valence-corrected chi connectivity index (χ1v) is 8.50. The summed E-state index contributed by atoms with van der Waals surface area (Å²) in [5.74, 6) is 0.877. The quantitative estimate of drug-likeness (QED) is 0.807. The van der Waals surface area contributed by atoms with Crippen molar-refractivity contribution < 1.29 is 9.53 Å². The number of piperidine rings is 1. The fourth-order valence-electron chi connectivity index (χ4n) is 3.09. The van der Waals surface area contributed by atoms with E-state index in [-0.39, 0.29) is 18.0 Å². The van der Waals surface area contributed by atoms with Gasteiger partial charge < -0.3 is 15.8 Å².